The third-order valence-corrected chi connectivity index (χ3v) is 5.06. The van der Waals surface area contributed by atoms with Gasteiger partial charge in [-0.25, -0.2) is 9.97 Å². The van der Waals surface area contributed by atoms with E-state index in [0.29, 0.717) is 23.9 Å². The molecule has 1 fully saturated rings. The molecule has 2 aromatic rings. The lowest BCUT2D eigenvalue weighted by molar-refractivity contribution is 0.0992. The van der Waals surface area contributed by atoms with E-state index in [1.54, 1.807) is 12.4 Å². The SMILES string of the molecule is Cc1ncc(C(=O)Cc2ccc3c(c2)CCN2CCNC[C@@H]32)cn1. The van der Waals surface area contributed by atoms with Gasteiger partial charge in [-0.15, -0.1) is 0 Å². The Balaban J connectivity index is 1.53. The van der Waals surface area contributed by atoms with Crippen molar-refractivity contribution >= 4 is 5.78 Å². The molecule has 3 heterocycles. The fourth-order valence-electron chi connectivity index (χ4n) is 3.72. The van der Waals surface area contributed by atoms with Crippen molar-refractivity contribution in [3.8, 4) is 0 Å². The number of carbonyl (C=O) groups excluding carboxylic acids is 1. The zero-order valence-electron chi connectivity index (χ0n) is 14.0. The Morgan fingerprint density at radius 1 is 1.29 bits per heavy atom. The van der Waals surface area contributed by atoms with Crippen molar-refractivity contribution in [2.75, 3.05) is 26.2 Å². The number of carbonyl (C=O) groups is 1. The van der Waals surface area contributed by atoms with E-state index in [1.165, 1.54) is 11.1 Å². The number of hydrogen-bond donors (Lipinski definition) is 1. The van der Waals surface area contributed by atoms with Crippen LogP contribution in [0.1, 0.15) is 38.9 Å². The number of rotatable bonds is 3. The summed E-state index contributed by atoms with van der Waals surface area (Å²) in [6, 6.07) is 7.02. The van der Waals surface area contributed by atoms with Crippen LogP contribution in [-0.4, -0.2) is 46.8 Å². The second-order valence-electron chi connectivity index (χ2n) is 6.66. The highest BCUT2D eigenvalue weighted by Crippen LogP contribution is 2.31. The van der Waals surface area contributed by atoms with E-state index in [-0.39, 0.29) is 5.78 Å². The van der Waals surface area contributed by atoms with Crippen LogP contribution in [0.5, 0.6) is 0 Å². The minimum atomic E-state index is 0.0757. The molecule has 1 aromatic carbocycles. The fraction of sp³-hybridized carbons (Fsp3) is 0.421. The number of ketones is 1. The Morgan fingerprint density at radius 2 is 2.12 bits per heavy atom. The molecule has 0 spiro atoms. The molecule has 0 aliphatic carbocycles. The molecule has 1 saturated heterocycles. The summed E-state index contributed by atoms with van der Waals surface area (Å²) >= 11 is 0. The minimum absolute atomic E-state index is 0.0757. The summed E-state index contributed by atoms with van der Waals surface area (Å²) in [5.74, 6) is 0.762. The molecule has 5 nitrogen and oxygen atoms in total. The van der Waals surface area contributed by atoms with E-state index in [2.05, 4.69) is 38.4 Å². The van der Waals surface area contributed by atoms with Gasteiger partial charge in [-0.1, -0.05) is 18.2 Å². The van der Waals surface area contributed by atoms with Crippen LogP contribution in [0.2, 0.25) is 0 Å². The normalized spacial score (nSPS) is 20.3. The average Bonchev–Trinajstić information content (AvgIpc) is 2.62. The molecule has 2 aliphatic heterocycles. The maximum absolute atomic E-state index is 12.4. The summed E-state index contributed by atoms with van der Waals surface area (Å²) in [4.78, 5) is 23.2. The molecule has 0 saturated carbocycles. The van der Waals surface area contributed by atoms with Gasteiger partial charge >= 0.3 is 0 Å². The van der Waals surface area contributed by atoms with E-state index < -0.39 is 0 Å². The molecular weight excluding hydrogens is 300 g/mol. The summed E-state index contributed by atoms with van der Waals surface area (Å²) in [6.45, 7) is 6.16. The van der Waals surface area contributed by atoms with Gasteiger partial charge < -0.3 is 5.32 Å². The van der Waals surface area contributed by atoms with Crippen LogP contribution < -0.4 is 5.32 Å². The Morgan fingerprint density at radius 3 is 2.96 bits per heavy atom. The quantitative estimate of drug-likeness (QED) is 0.872. The molecule has 1 atom stereocenters. The number of nitrogens with one attached hydrogen (secondary N) is 1. The smallest absolute Gasteiger partial charge is 0.170 e. The highest BCUT2D eigenvalue weighted by molar-refractivity contribution is 5.97. The standard InChI is InChI=1S/C19H22N4O/c1-13-21-10-16(11-22-13)19(24)9-14-2-3-17-15(8-14)4-6-23-7-5-20-12-18(17)23/h2-3,8,10-11,18,20H,4-7,9,12H2,1H3/t18-/m0/s1. The fourth-order valence-corrected chi connectivity index (χ4v) is 3.72. The Kier molecular flexibility index (Phi) is 4.12. The second-order valence-corrected chi connectivity index (χ2v) is 6.66. The predicted molar refractivity (Wildman–Crippen MR) is 92.1 cm³/mol. The van der Waals surface area contributed by atoms with Crippen molar-refractivity contribution in [1.82, 2.24) is 20.2 Å². The van der Waals surface area contributed by atoms with Crippen LogP contribution in [-0.2, 0) is 12.8 Å². The zero-order valence-corrected chi connectivity index (χ0v) is 14.0. The summed E-state index contributed by atoms with van der Waals surface area (Å²) < 4.78 is 0. The van der Waals surface area contributed by atoms with Gasteiger partial charge in [-0.05, 0) is 30.0 Å². The lowest BCUT2D eigenvalue weighted by Crippen LogP contribution is -2.48. The topological polar surface area (TPSA) is 58.1 Å². The van der Waals surface area contributed by atoms with Crippen molar-refractivity contribution in [1.29, 1.82) is 0 Å². The number of benzene rings is 1. The Labute approximate surface area is 142 Å². The van der Waals surface area contributed by atoms with Crippen LogP contribution in [0.25, 0.3) is 0 Å². The van der Waals surface area contributed by atoms with Crippen molar-refractivity contribution in [3.05, 3.63) is 58.7 Å². The van der Waals surface area contributed by atoms with Gasteiger partial charge in [0.25, 0.3) is 0 Å². The minimum Gasteiger partial charge on any atom is -0.314 e. The number of aromatic nitrogens is 2. The summed E-state index contributed by atoms with van der Waals surface area (Å²) in [5.41, 5.74) is 4.48. The third kappa shape index (κ3) is 2.97. The molecule has 24 heavy (non-hydrogen) atoms. The molecule has 5 heteroatoms. The Bertz CT molecular complexity index is 756. The van der Waals surface area contributed by atoms with Crippen molar-refractivity contribution in [3.63, 3.8) is 0 Å². The first-order valence-electron chi connectivity index (χ1n) is 8.59. The average molecular weight is 322 g/mol. The molecular formula is C19H22N4O. The monoisotopic (exact) mass is 322 g/mol. The largest absolute Gasteiger partial charge is 0.314 e. The number of hydrogen-bond acceptors (Lipinski definition) is 5. The maximum Gasteiger partial charge on any atom is 0.170 e. The van der Waals surface area contributed by atoms with Crippen LogP contribution in [0, 0.1) is 6.92 Å². The number of fused-ring (bicyclic) bond motifs is 3. The molecule has 4 rings (SSSR count). The first-order chi connectivity index (χ1) is 11.7. The first-order valence-corrected chi connectivity index (χ1v) is 8.59. The van der Waals surface area contributed by atoms with E-state index in [4.69, 9.17) is 0 Å². The van der Waals surface area contributed by atoms with Crippen LogP contribution >= 0.6 is 0 Å². The second kappa shape index (κ2) is 6.42. The van der Waals surface area contributed by atoms with Crippen molar-refractivity contribution in [2.24, 2.45) is 0 Å². The van der Waals surface area contributed by atoms with Gasteiger partial charge in [-0.3, -0.25) is 9.69 Å². The highest BCUT2D eigenvalue weighted by Gasteiger charge is 2.29. The van der Waals surface area contributed by atoms with Crippen LogP contribution in [0.3, 0.4) is 0 Å². The summed E-state index contributed by atoms with van der Waals surface area (Å²) in [5, 5.41) is 3.49. The predicted octanol–water partition coefficient (Wildman–Crippen LogP) is 1.71. The number of nitrogens with zero attached hydrogens (tertiary/aromatic N) is 3. The summed E-state index contributed by atoms with van der Waals surface area (Å²) in [7, 11) is 0. The van der Waals surface area contributed by atoms with Gasteiger partial charge in [0, 0.05) is 51.0 Å². The summed E-state index contributed by atoms with van der Waals surface area (Å²) in [6.07, 6.45) is 4.72. The van der Waals surface area contributed by atoms with Gasteiger partial charge in [0.1, 0.15) is 5.82 Å². The number of aryl methyl sites for hydroxylation is 1. The molecule has 1 N–H and O–H groups in total. The molecule has 124 valence electrons. The lowest BCUT2D eigenvalue weighted by Gasteiger charge is -2.41. The van der Waals surface area contributed by atoms with E-state index in [1.807, 2.05) is 6.92 Å². The van der Waals surface area contributed by atoms with Gasteiger partial charge in [0.2, 0.25) is 0 Å². The van der Waals surface area contributed by atoms with E-state index >= 15 is 0 Å². The third-order valence-electron chi connectivity index (χ3n) is 5.06. The Hall–Kier alpha value is -2.11. The number of piperazine rings is 1. The molecule has 0 amide bonds. The van der Waals surface area contributed by atoms with Gasteiger partial charge in [0.05, 0.1) is 5.56 Å². The number of Topliss-reactive ketones (excluding diaryl/α,β-unsaturated/α-hetero) is 1. The maximum atomic E-state index is 12.4. The van der Waals surface area contributed by atoms with Crippen molar-refractivity contribution < 1.29 is 4.79 Å². The van der Waals surface area contributed by atoms with E-state index in [0.717, 1.165) is 38.2 Å². The first kappa shape index (κ1) is 15.4. The molecule has 0 bridgehead atoms. The zero-order chi connectivity index (χ0) is 16.5. The van der Waals surface area contributed by atoms with Gasteiger partial charge in [0.15, 0.2) is 5.78 Å². The van der Waals surface area contributed by atoms with Crippen LogP contribution in [0.15, 0.2) is 30.6 Å². The molecule has 2 aliphatic rings. The molecule has 0 radical (unpaired) electrons. The van der Waals surface area contributed by atoms with Crippen molar-refractivity contribution in [2.45, 2.75) is 25.8 Å². The van der Waals surface area contributed by atoms with Gasteiger partial charge in [-0.2, -0.15) is 0 Å². The van der Waals surface area contributed by atoms with E-state index in [9.17, 15) is 4.79 Å². The van der Waals surface area contributed by atoms with Crippen LogP contribution in [0.4, 0.5) is 0 Å². The molecule has 1 aromatic heterocycles. The molecule has 0 unspecified atom stereocenters. The lowest BCUT2D eigenvalue weighted by atomic mass is 9.89. The highest BCUT2D eigenvalue weighted by atomic mass is 16.1.